The van der Waals surface area contributed by atoms with Crippen LogP contribution in [0.5, 0.6) is 0 Å². The molecule has 2 aromatic carbocycles. The molecule has 0 atom stereocenters. The molecule has 0 radical (unpaired) electrons. The fourth-order valence-electron chi connectivity index (χ4n) is 2.37. The summed E-state index contributed by atoms with van der Waals surface area (Å²) in [7, 11) is 0. The van der Waals surface area contributed by atoms with Crippen LogP contribution in [0.1, 0.15) is 0 Å². The van der Waals surface area contributed by atoms with E-state index in [2.05, 4.69) is 39.7 Å². The number of anilines is 1. The van der Waals surface area contributed by atoms with Gasteiger partial charge in [-0.1, -0.05) is 42.5 Å². The average molecular weight is 302 g/mol. The highest BCUT2D eigenvalue weighted by molar-refractivity contribution is 5.95. The molecule has 4 heteroatoms. The van der Waals surface area contributed by atoms with Gasteiger partial charge in [0, 0.05) is 46.3 Å². The zero-order valence-electron chi connectivity index (χ0n) is 12.6. The maximum absolute atomic E-state index is 5.10. The van der Waals surface area contributed by atoms with Crippen LogP contribution in [0.2, 0.25) is 0 Å². The summed E-state index contributed by atoms with van der Waals surface area (Å²) in [6.45, 7) is 0. The maximum Gasteiger partial charge on any atom is 0.0485 e. The lowest BCUT2D eigenvalue weighted by molar-refractivity contribution is 1.33. The van der Waals surface area contributed by atoms with E-state index >= 15 is 0 Å². The van der Waals surface area contributed by atoms with Gasteiger partial charge in [0.15, 0.2) is 0 Å². The number of para-hydroxylation sites is 2. The molecule has 4 N–H and O–H groups in total. The van der Waals surface area contributed by atoms with Crippen molar-refractivity contribution in [3.63, 3.8) is 0 Å². The molecule has 4 rings (SSSR count). The SMILES string of the molecule is NNc1ccccc1.c1cncc(-c2c[nH]c3ccccc23)c1. The van der Waals surface area contributed by atoms with Gasteiger partial charge in [-0.25, -0.2) is 0 Å². The van der Waals surface area contributed by atoms with Crippen LogP contribution in [-0.4, -0.2) is 9.97 Å². The number of H-pyrrole nitrogens is 1. The number of rotatable bonds is 2. The van der Waals surface area contributed by atoms with Gasteiger partial charge in [-0.05, 0) is 24.3 Å². The van der Waals surface area contributed by atoms with Crippen molar-refractivity contribution in [2.75, 3.05) is 5.43 Å². The van der Waals surface area contributed by atoms with Crippen molar-refractivity contribution < 1.29 is 0 Å². The van der Waals surface area contributed by atoms with Crippen LogP contribution in [0.3, 0.4) is 0 Å². The molecule has 23 heavy (non-hydrogen) atoms. The number of fused-ring (bicyclic) bond motifs is 1. The summed E-state index contributed by atoms with van der Waals surface area (Å²) in [5.74, 6) is 5.10. The Balaban J connectivity index is 0.000000166. The molecule has 0 aliphatic rings. The highest BCUT2D eigenvalue weighted by Gasteiger charge is 2.04. The molecule has 0 bridgehead atoms. The molecule has 2 heterocycles. The van der Waals surface area contributed by atoms with Gasteiger partial charge < -0.3 is 10.4 Å². The predicted octanol–water partition coefficient (Wildman–Crippen LogP) is 4.20. The Morgan fingerprint density at radius 3 is 2.35 bits per heavy atom. The molecule has 0 fully saturated rings. The molecule has 2 aromatic heterocycles. The van der Waals surface area contributed by atoms with Gasteiger partial charge in [0.2, 0.25) is 0 Å². The largest absolute Gasteiger partial charge is 0.361 e. The zero-order chi connectivity index (χ0) is 15.9. The second-order valence-corrected chi connectivity index (χ2v) is 5.00. The number of aromatic nitrogens is 2. The number of hydrogen-bond donors (Lipinski definition) is 3. The molecule has 0 unspecified atom stereocenters. The number of nitrogens with two attached hydrogens (primary N) is 1. The fraction of sp³-hybridized carbons (Fsp3) is 0. The van der Waals surface area contributed by atoms with E-state index in [0.29, 0.717) is 0 Å². The van der Waals surface area contributed by atoms with E-state index in [1.807, 2.05) is 54.9 Å². The molecule has 114 valence electrons. The van der Waals surface area contributed by atoms with E-state index in [1.54, 1.807) is 6.20 Å². The molecule has 0 spiro atoms. The van der Waals surface area contributed by atoms with Crippen LogP contribution in [0.25, 0.3) is 22.0 Å². The number of nitrogens with zero attached hydrogens (tertiary/aromatic N) is 1. The summed E-state index contributed by atoms with van der Waals surface area (Å²) in [6.07, 6.45) is 5.70. The standard InChI is InChI=1S/C13H10N2.C6H8N2/c1-2-6-13-11(5-1)12(9-15-13)10-4-3-7-14-8-10;7-8-6-4-2-1-3-5-6/h1-9,15H;1-5,8H,7H2. The lowest BCUT2D eigenvalue weighted by Gasteiger charge is -1.97. The summed E-state index contributed by atoms with van der Waals surface area (Å²) < 4.78 is 0. The third kappa shape index (κ3) is 3.56. The number of benzene rings is 2. The van der Waals surface area contributed by atoms with Crippen LogP contribution in [0.15, 0.2) is 85.3 Å². The number of nitrogens with one attached hydrogen (secondary N) is 2. The molecular weight excluding hydrogens is 284 g/mol. The van der Waals surface area contributed by atoms with Gasteiger partial charge in [-0.15, -0.1) is 0 Å². The lowest BCUT2D eigenvalue weighted by atomic mass is 10.1. The first-order valence-electron chi connectivity index (χ1n) is 7.36. The maximum atomic E-state index is 5.10. The van der Waals surface area contributed by atoms with Crippen LogP contribution in [-0.2, 0) is 0 Å². The summed E-state index contributed by atoms with van der Waals surface area (Å²) in [5.41, 5.74) is 6.98. The van der Waals surface area contributed by atoms with Crippen molar-refractivity contribution in [3.8, 4) is 11.1 Å². The van der Waals surface area contributed by atoms with Gasteiger partial charge in [0.1, 0.15) is 0 Å². The lowest BCUT2D eigenvalue weighted by Crippen LogP contribution is -2.05. The first-order valence-corrected chi connectivity index (χ1v) is 7.36. The molecule has 4 nitrogen and oxygen atoms in total. The smallest absolute Gasteiger partial charge is 0.0485 e. The third-order valence-electron chi connectivity index (χ3n) is 3.50. The summed E-state index contributed by atoms with van der Waals surface area (Å²) in [4.78, 5) is 7.39. The third-order valence-corrected chi connectivity index (χ3v) is 3.50. The Bertz CT molecular complexity index is 854. The summed E-state index contributed by atoms with van der Waals surface area (Å²) in [5, 5.41) is 1.24. The fourth-order valence-corrected chi connectivity index (χ4v) is 2.37. The van der Waals surface area contributed by atoms with Crippen molar-refractivity contribution >= 4 is 16.6 Å². The van der Waals surface area contributed by atoms with Crippen LogP contribution < -0.4 is 11.3 Å². The van der Waals surface area contributed by atoms with Crippen molar-refractivity contribution in [1.82, 2.24) is 9.97 Å². The normalized spacial score (nSPS) is 9.96. The van der Waals surface area contributed by atoms with Crippen molar-refractivity contribution in [3.05, 3.63) is 85.3 Å². The molecule has 0 saturated heterocycles. The number of aromatic amines is 1. The first kappa shape index (κ1) is 14.8. The number of nitrogen functional groups attached to an aromatic ring is 1. The van der Waals surface area contributed by atoms with Crippen LogP contribution in [0.4, 0.5) is 5.69 Å². The highest BCUT2D eigenvalue weighted by atomic mass is 15.2. The Morgan fingerprint density at radius 1 is 0.870 bits per heavy atom. The number of pyridine rings is 1. The highest BCUT2D eigenvalue weighted by Crippen LogP contribution is 2.27. The molecule has 0 saturated carbocycles. The van der Waals surface area contributed by atoms with Crippen LogP contribution in [0, 0.1) is 0 Å². The van der Waals surface area contributed by atoms with Gasteiger partial charge in [0.05, 0.1) is 0 Å². The minimum absolute atomic E-state index is 0.938. The molecule has 0 aliphatic heterocycles. The number of hydrazine groups is 1. The van der Waals surface area contributed by atoms with E-state index in [0.717, 1.165) is 16.8 Å². The summed E-state index contributed by atoms with van der Waals surface area (Å²) in [6, 6.07) is 21.9. The molecule has 0 amide bonds. The van der Waals surface area contributed by atoms with Crippen LogP contribution >= 0.6 is 0 Å². The summed E-state index contributed by atoms with van der Waals surface area (Å²) >= 11 is 0. The monoisotopic (exact) mass is 302 g/mol. The second kappa shape index (κ2) is 7.24. The van der Waals surface area contributed by atoms with Crippen molar-refractivity contribution in [2.24, 2.45) is 5.84 Å². The van der Waals surface area contributed by atoms with Gasteiger partial charge in [0.25, 0.3) is 0 Å². The van der Waals surface area contributed by atoms with E-state index in [-0.39, 0.29) is 0 Å². The van der Waals surface area contributed by atoms with Crippen molar-refractivity contribution in [1.29, 1.82) is 0 Å². The van der Waals surface area contributed by atoms with E-state index in [9.17, 15) is 0 Å². The average Bonchev–Trinajstić information content (AvgIpc) is 3.08. The van der Waals surface area contributed by atoms with Gasteiger partial charge in [-0.3, -0.25) is 10.8 Å². The first-order chi connectivity index (χ1) is 11.4. The topological polar surface area (TPSA) is 66.7 Å². The van der Waals surface area contributed by atoms with E-state index < -0.39 is 0 Å². The molecule has 0 aliphatic carbocycles. The molecular formula is C19H18N4. The van der Waals surface area contributed by atoms with Gasteiger partial charge in [-0.2, -0.15) is 0 Å². The van der Waals surface area contributed by atoms with Crippen molar-refractivity contribution in [2.45, 2.75) is 0 Å². The second-order valence-electron chi connectivity index (χ2n) is 5.00. The Morgan fingerprint density at radius 2 is 1.65 bits per heavy atom. The van der Waals surface area contributed by atoms with E-state index in [4.69, 9.17) is 5.84 Å². The quantitative estimate of drug-likeness (QED) is 0.384. The Kier molecular flexibility index (Phi) is 4.66. The predicted molar refractivity (Wildman–Crippen MR) is 95.8 cm³/mol. The minimum atomic E-state index is 0.938. The number of hydrogen-bond acceptors (Lipinski definition) is 3. The van der Waals surface area contributed by atoms with E-state index in [1.165, 1.54) is 10.9 Å². The Hall–Kier alpha value is -3.11. The molecule has 4 aromatic rings. The zero-order valence-corrected chi connectivity index (χ0v) is 12.6. The van der Waals surface area contributed by atoms with Gasteiger partial charge >= 0.3 is 0 Å². The Labute approximate surface area is 135 Å². The minimum Gasteiger partial charge on any atom is -0.361 e.